The molecule has 0 saturated heterocycles. The van der Waals surface area contributed by atoms with E-state index in [0.717, 1.165) is 0 Å². The van der Waals surface area contributed by atoms with Crippen molar-refractivity contribution in [2.24, 2.45) is 5.73 Å². The Labute approximate surface area is 87.5 Å². The van der Waals surface area contributed by atoms with Gasteiger partial charge in [0.15, 0.2) is 0 Å². The van der Waals surface area contributed by atoms with Crippen LogP contribution in [0.2, 0.25) is 5.02 Å². The third-order valence-corrected chi connectivity index (χ3v) is 2.73. The predicted molar refractivity (Wildman–Crippen MR) is 54.9 cm³/mol. The molecule has 0 spiro atoms. The summed E-state index contributed by atoms with van der Waals surface area (Å²) >= 11 is 5.72. The Hall–Kier alpha value is -0.640. The molecule has 0 radical (unpaired) electrons. The summed E-state index contributed by atoms with van der Waals surface area (Å²) in [5.41, 5.74) is 7.26. The largest absolute Gasteiger partial charge is 0.394 e. The molecule has 0 bridgehead atoms. The van der Waals surface area contributed by atoms with Gasteiger partial charge in [0, 0.05) is 0 Å². The third-order valence-electron chi connectivity index (χ3n) is 2.27. The van der Waals surface area contributed by atoms with Crippen molar-refractivity contribution in [3.05, 3.63) is 33.6 Å². The highest BCUT2D eigenvalue weighted by Gasteiger charge is 2.15. The first-order chi connectivity index (χ1) is 6.49. The minimum atomic E-state index is -0.555. The molecule has 2 nitrogen and oxygen atoms in total. The van der Waals surface area contributed by atoms with Crippen molar-refractivity contribution in [2.75, 3.05) is 6.61 Å². The Morgan fingerprint density at radius 3 is 2.64 bits per heavy atom. The van der Waals surface area contributed by atoms with Gasteiger partial charge in [-0.25, -0.2) is 4.39 Å². The minimum Gasteiger partial charge on any atom is -0.394 e. The highest BCUT2D eigenvalue weighted by molar-refractivity contribution is 6.31. The van der Waals surface area contributed by atoms with Crippen LogP contribution in [0.1, 0.15) is 22.7 Å². The van der Waals surface area contributed by atoms with Crippen LogP contribution in [0.5, 0.6) is 0 Å². The molecule has 0 fully saturated rings. The molecule has 3 N–H and O–H groups in total. The van der Waals surface area contributed by atoms with Crippen molar-refractivity contribution in [3.8, 4) is 0 Å². The molecule has 14 heavy (non-hydrogen) atoms. The molecular formula is C10H13ClFNO. The maximum atomic E-state index is 13.5. The van der Waals surface area contributed by atoms with Crippen molar-refractivity contribution in [3.63, 3.8) is 0 Å². The van der Waals surface area contributed by atoms with E-state index in [-0.39, 0.29) is 11.6 Å². The Kier molecular flexibility index (Phi) is 3.48. The van der Waals surface area contributed by atoms with Gasteiger partial charge in [-0.2, -0.15) is 0 Å². The molecule has 1 aromatic rings. The molecular weight excluding hydrogens is 205 g/mol. The fourth-order valence-corrected chi connectivity index (χ4v) is 1.55. The monoisotopic (exact) mass is 217 g/mol. The zero-order valence-electron chi connectivity index (χ0n) is 8.14. The molecule has 4 heteroatoms. The van der Waals surface area contributed by atoms with Crippen LogP contribution >= 0.6 is 11.6 Å². The van der Waals surface area contributed by atoms with Gasteiger partial charge in [0.2, 0.25) is 0 Å². The number of hydrogen-bond acceptors (Lipinski definition) is 2. The van der Waals surface area contributed by atoms with Crippen molar-refractivity contribution < 1.29 is 9.50 Å². The van der Waals surface area contributed by atoms with Gasteiger partial charge < -0.3 is 10.8 Å². The zero-order chi connectivity index (χ0) is 10.9. The lowest BCUT2D eigenvalue weighted by Gasteiger charge is -2.14. The fraction of sp³-hybridized carbons (Fsp3) is 0.400. The Bertz CT molecular complexity index is 354. The molecule has 0 aliphatic rings. The molecule has 0 saturated carbocycles. The van der Waals surface area contributed by atoms with Crippen molar-refractivity contribution in [1.82, 2.24) is 0 Å². The molecule has 1 rings (SSSR count). The van der Waals surface area contributed by atoms with E-state index in [1.807, 2.05) is 0 Å². The van der Waals surface area contributed by atoms with E-state index < -0.39 is 11.9 Å². The summed E-state index contributed by atoms with van der Waals surface area (Å²) in [6, 6.07) is 1.15. The second-order valence-corrected chi connectivity index (χ2v) is 3.70. The summed E-state index contributed by atoms with van der Waals surface area (Å²) in [5.74, 6) is -0.453. The Morgan fingerprint density at radius 2 is 2.14 bits per heavy atom. The highest BCUT2D eigenvalue weighted by Crippen LogP contribution is 2.27. The predicted octanol–water partition coefficient (Wildman–Crippen LogP) is 2.09. The number of aliphatic hydroxyl groups excluding tert-OH is 1. The van der Waals surface area contributed by atoms with E-state index in [1.165, 1.54) is 0 Å². The number of hydrogen-bond donors (Lipinski definition) is 2. The van der Waals surface area contributed by atoms with Crippen molar-refractivity contribution in [1.29, 1.82) is 0 Å². The summed E-state index contributed by atoms with van der Waals surface area (Å²) in [4.78, 5) is 0. The molecule has 1 aromatic carbocycles. The van der Waals surface area contributed by atoms with E-state index >= 15 is 0 Å². The number of aliphatic hydroxyl groups is 1. The number of benzene rings is 1. The molecule has 0 amide bonds. The Morgan fingerprint density at radius 1 is 1.57 bits per heavy atom. The average Bonchev–Trinajstić information content (AvgIpc) is 2.19. The number of rotatable bonds is 2. The van der Waals surface area contributed by atoms with E-state index in [1.54, 1.807) is 19.9 Å². The number of nitrogens with two attached hydrogens (primary N) is 1. The summed E-state index contributed by atoms with van der Waals surface area (Å²) in [5, 5.41) is 9.00. The van der Waals surface area contributed by atoms with Crippen LogP contribution in [-0.2, 0) is 0 Å². The first-order valence-electron chi connectivity index (χ1n) is 4.30. The highest BCUT2D eigenvalue weighted by atomic mass is 35.5. The van der Waals surface area contributed by atoms with Gasteiger partial charge >= 0.3 is 0 Å². The van der Waals surface area contributed by atoms with Crippen LogP contribution in [0.3, 0.4) is 0 Å². The second-order valence-electron chi connectivity index (χ2n) is 3.32. The standard InChI is InChI=1S/C10H13ClFNO/c1-5-3-7(8(13)4-14)6(2)10(12)9(5)11/h3,8,14H,4,13H2,1-2H3. The van der Waals surface area contributed by atoms with E-state index in [2.05, 4.69) is 0 Å². The molecule has 0 aliphatic heterocycles. The van der Waals surface area contributed by atoms with Crippen LogP contribution < -0.4 is 5.73 Å². The van der Waals surface area contributed by atoms with Gasteiger partial charge in [-0.1, -0.05) is 17.7 Å². The molecule has 1 atom stereocenters. The third kappa shape index (κ3) is 1.90. The molecule has 0 aliphatic carbocycles. The van der Waals surface area contributed by atoms with Gasteiger partial charge in [0.1, 0.15) is 5.82 Å². The smallest absolute Gasteiger partial charge is 0.145 e. The minimum absolute atomic E-state index is 0.122. The second kappa shape index (κ2) is 4.26. The average molecular weight is 218 g/mol. The van der Waals surface area contributed by atoms with Crippen LogP contribution in [-0.4, -0.2) is 11.7 Å². The van der Waals surface area contributed by atoms with E-state index in [0.29, 0.717) is 16.7 Å². The van der Waals surface area contributed by atoms with Gasteiger partial charge in [-0.3, -0.25) is 0 Å². The maximum absolute atomic E-state index is 13.5. The van der Waals surface area contributed by atoms with Crippen LogP contribution in [0.25, 0.3) is 0 Å². The fourth-order valence-electron chi connectivity index (χ4n) is 1.35. The van der Waals surface area contributed by atoms with Crippen molar-refractivity contribution in [2.45, 2.75) is 19.9 Å². The zero-order valence-corrected chi connectivity index (χ0v) is 8.90. The SMILES string of the molecule is Cc1cc(C(N)CO)c(C)c(F)c1Cl. The van der Waals surface area contributed by atoms with Crippen molar-refractivity contribution >= 4 is 11.6 Å². The van der Waals surface area contributed by atoms with Gasteiger partial charge in [-0.05, 0) is 30.5 Å². The van der Waals surface area contributed by atoms with Gasteiger partial charge in [0.25, 0.3) is 0 Å². The van der Waals surface area contributed by atoms with Crippen LogP contribution in [0.4, 0.5) is 4.39 Å². The van der Waals surface area contributed by atoms with Gasteiger partial charge in [0.05, 0.1) is 17.7 Å². The number of aryl methyl sites for hydroxylation is 1. The maximum Gasteiger partial charge on any atom is 0.145 e. The summed E-state index contributed by atoms with van der Waals surface area (Å²) in [7, 11) is 0. The first kappa shape index (κ1) is 11.4. The summed E-state index contributed by atoms with van der Waals surface area (Å²) in [6.45, 7) is 3.10. The molecule has 0 heterocycles. The van der Waals surface area contributed by atoms with E-state index in [4.69, 9.17) is 22.4 Å². The lowest BCUT2D eigenvalue weighted by atomic mass is 9.99. The lowest BCUT2D eigenvalue weighted by Crippen LogP contribution is -2.16. The summed E-state index contributed by atoms with van der Waals surface area (Å²) in [6.07, 6.45) is 0. The summed E-state index contributed by atoms with van der Waals surface area (Å²) < 4.78 is 13.5. The van der Waals surface area contributed by atoms with Gasteiger partial charge in [-0.15, -0.1) is 0 Å². The quantitative estimate of drug-likeness (QED) is 0.797. The molecule has 78 valence electrons. The topological polar surface area (TPSA) is 46.2 Å². The first-order valence-corrected chi connectivity index (χ1v) is 4.68. The Balaban J connectivity index is 3.33. The normalized spacial score (nSPS) is 13.0. The van der Waals surface area contributed by atoms with Crippen LogP contribution in [0.15, 0.2) is 6.07 Å². The molecule has 0 aromatic heterocycles. The number of halogens is 2. The lowest BCUT2D eigenvalue weighted by molar-refractivity contribution is 0.267. The van der Waals surface area contributed by atoms with Crippen LogP contribution in [0, 0.1) is 19.7 Å². The van der Waals surface area contributed by atoms with E-state index in [9.17, 15) is 4.39 Å². The molecule has 1 unspecified atom stereocenters.